The van der Waals surface area contributed by atoms with Crippen LogP contribution in [0.3, 0.4) is 0 Å². The van der Waals surface area contributed by atoms with E-state index in [0.717, 1.165) is 11.3 Å². The number of aromatic nitrogens is 1. The Morgan fingerprint density at radius 2 is 2.47 bits per heavy atom. The molecule has 0 saturated heterocycles. The Hall–Kier alpha value is -1.93. The van der Waals surface area contributed by atoms with Gasteiger partial charge in [-0.25, -0.2) is 4.79 Å². The number of carbonyl (C=O) groups excluding carboxylic acids is 1. The first-order chi connectivity index (χ1) is 9.08. The molecule has 1 heterocycles. The van der Waals surface area contributed by atoms with Crippen LogP contribution in [0.15, 0.2) is 35.5 Å². The fourth-order valence-corrected chi connectivity index (χ4v) is 2.00. The van der Waals surface area contributed by atoms with E-state index < -0.39 is 11.0 Å². The van der Waals surface area contributed by atoms with Gasteiger partial charge in [0.05, 0.1) is 11.1 Å². The van der Waals surface area contributed by atoms with E-state index in [2.05, 4.69) is 16.9 Å². The van der Waals surface area contributed by atoms with Crippen LogP contribution in [0.25, 0.3) is 0 Å². The molecule has 0 unspecified atom stereocenters. The molecule has 1 N–H and O–H groups in total. The van der Waals surface area contributed by atoms with E-state index in [9.17, 15) is 14.9 Å². The van der Waals surface area contributed by atoms with Crippen molar-refractivity contribution in [2.75, 3.05) is 6.54 Å². The number of nitrogens with one attached hydrogen (secondary N) is 1. The van der Waals surface area contributed by atoms with Crippen LogP contribution in [0.4, 0.5) is 9.80 Å². The molecule has 0 spiro atoms. The molecule has 102 valence electrons. The van der Waals surface area contributed by atoms with E-state index in [1.54, 1.807) is 6.08 Å². The van der Waals surface area contributed by atoms with Gasteiger partial charge in [-0.1, -0.05) is 23.8 Å². The first kappa shape index (κ1) is 15.1. The number of allylic oxidation sites excluding steroid dienone is 1. The smallest absolute Gasteiger partial charge is 0.333 e. The van der Waals surface area contributed by atoms with Gasteiger partial charge < -0.3 is 9.88 Å². The molecule has 0 aromatic carbocycles. The number of nitrogens with zero attached hydrogens (tertiary/aromatic N) is 3. The molecule has 0 aliphatic heterocycles. The van der Waals surface area contributed by atoms with Gasteiger partial charge in [-0.05, 0) is 11.3 Å². The topological polar surface area (TPSA) is 89.5 Å². The van der Waals surface area contributed by atoms with Crippen molar-refractivity contribution in [2.24, 2.45) is 4.99 Å². The summed E-state index contributed by atoms with van der Waals surface area (Å²) in [5.74, 6) is 0. The van der Waals surface area contributed by atoms with Crippen LogP contribution in [-0.2, 0) is 6.54 Å². The van der Waals surface area contributed by atoms with Crippen LogP contribution >= 0.6 is 22.9 Å². The first-order valence-corrected chi connectivity index (χ1v) is 6.37. The minimum absolute atomic E-state index is 0.0988. The van der Waals surface area contributed by atoms with Gasteiger partial charge in [-0.15, -0.1) is 6.58 Å². The van der Waals surface area contributed by atoms with Crippen molar-refractivity contribution < 1.29 is 9.72 Å². The highest BCUT2D eigenvalue weighted by molar-refractivity contribution is 7.12. The van der Waals surface area contributed by atoms with Crippen molar-refractivity contribution in [3.63, 3.8) is 0 Å². The number of rotatable bonds is 5. The second-order valence-corrected chi connectivity index (χ2v) is 4.45. The van der Waals surface area contributed by atoms with Crippen LogP contribution in [0, 0.1) is 10.1 Å². The molecule has 0 aliphatic rings. The SMILES string of the molecule is C=CCNC(=O)N=c1sc([N+](=O)[O-])cn1CC=CCl. The second-order valence-electron chi connectivity index (χ2n) is 3.21. The number of carbonyl (C=O) groups is 1. The van der Waals surface area contributed by atoms with E-state index in [1.165, 1.54) is 22.4 Å². The van der Waals surface area contributed by atoms with Gasteiger partial charge in [0.15, 0.2) is 0 Å². The maximum atomic E-state index is 11.4. The summed E-state index contributed by atoms with van der Waals surface area (Å²) in [7, 11) is 0. The largest absolute Gasteiger partial charge is 0.343 e. The maximum Gasteiger partial charge on any atom is 0.343 e. The normalized spacial score (nSPS) is 11.7. The number of amides is 2. The molecular formula is C10H11ClN4O3S. The van der Waals surface area contributed by atoms with Gasteiger partial charge in [-0.2, -0.15) is 4.99 Å². The van der Waals surface area contributed by atoms with Crippen LogP contribution in [0.1, 0.15) is 0 Å². The molecule has 0 fully saturated rings. The Morgan fingerprint density at radius 1 is 1.74 bits per heavy atom. The molecule has 2 amide bonds. The van der Waals surface area contributed by atoms with Crippen molar-refractivity contribution in [3.8, 4) is 0 Å². The molecule has 0 saturated carbocycles. The lowest BCUT2D eigenvalue weighted by atomic mass is 10.6. The van der Waals surface area contributed by atoms with Gasteiger partial charge in [0.1, 0.15) is 0 Å². The second kappa shape index (κ2) is 7.49. The average molecular weight is 303 g/mol. The maximum absolute atomic E-state index is 11.4. The van der Waals surface area contributed by atoms with Gasteiger partial charge >= 0.3 is 11.0 Å². The number of hydrogen-bond donors (Lipinski definition) is 1. The summed E-state index contributed by atoms with van der Waals surface area (Å²) in [4.78, 5) is 25.6. The van der Waals surface area contributed by atoms with E-state index in [1.807, 2.05) is 0 Å². The summed E-state index contributed by atoms with van der Waals surface area (Å²) in [6.07, 6.45) is 4.40. The molecule has 0 bridgehead atoms. The molecule has 19 heavy (non-hydrogen) atoms. The summed E-state index contributed by atoms with van der Waals surface area (Å²) in [6.45, 7) is 4.02. The minimum atomic E-state index is -0.583. The molecule has 9 heteroatoms. The lowest BCUT2D eigenvalue weighted by molar-refractivity contribution is -0.380. The first-order valence-electron chi connectivity index (χ1n) is 5.11. The lowest BCUT2D eigenvalue weighted by Crippen LogP contribution is -2.24. The monoisotopic (exact) mass is 302 g/mol. The fraction of sp³-hybridized carbons (Fsp3) is 0.200. The van der Waals surface area contributed by atoms with Gasteiger partial charge in [0.2, 0.25) is 4.80 Å². The number of hydrogen-bond acceptors (Lipinski definition) is 4. The average Bonchev–Trinajstić information content (AvgIpc) is 2.77. The van der Waals surface area contributed by atoms with Gasteiger partial charge in [0, 0.05) is 18.6 Å². The Labute approximate surface area is 117 Å². The predicted molar refractivity (Wildman–Crippen MR) is 73.1 cm³/mol. The zero-order valence-electron chi connectivity index (χ0n) is 9.78. The number of thiazole rings is 1. The summed E-state index contributed by atoms with van der Waals surface area (Å²) >= 11 is 6.22. The summed E-state index contributed by atoms with van der Waals surface area (Å²) < 4.78 is 1.47. The Bertz CT molecular complexity index is 576. The fourth-order valence-electron chi connectivity index (χ4n) is 1.11. The minimum Gasteiger partial charge on any atom is -0.333 e. The van der Waals surface area contributed by atoms with E-state index in [0.29, 0.717) is 6.54 Å². The van der Waals surface area contributed by atoms with E-state index >= 15 is 0 Å². The quantitative estimate of drug-likeness (QED) is 0.512. The van der Waals surface area contributed by atoms with E-state index in [-0.39, 0.29) is 16.3 Å². The van der Waals surface area contributed by atoms with Crippen molar-refractivity contribution in [3.05, 3.63) is 45.4 Å². The Kier molecular flexibility index (Phi) is 5.97. The Morgan fingerprint density at radius 3 is 3.05 bits per heavy atom. The van der Waals surface area contributed by atoms with Crippen molar-refractivity contribution in [1.82, 2.24) is 9.88 Å². The third-order valence-electron chi connectivity index (χ3n) is 1.87. The third-order valence-corrected chi connectivity index (χ3v) is 3.02. The Balaban J connectivity index is 3.08. The molecule has 0 aliphatic carbocycles. The molecule has 7 nitrogen and oxygen atoms in total. The molecule has 1 aromatic rings. The molecule has 0 radical (unpaired) electrons. The molecule has 0 atom stereocenters. The third kappa shape index (κ3) is 4.68. The zero-order chi connectivity index (χ0) is 14.3. The van der Waals surface area contributed by atoms with Crippen LogP contribution in [-0.4, -0.2) is 22.1 Å². The van der Waals surface area contributed by atoms with Crippen LogP contribution in [0.5, 0.6) is 0 Å². The van der Waals surface area contributed by atoms with Crippen LogP contribution < -0.4 is 10.1 Å². The van der Waals surface area contributed by atoms with Crippen molar-refractivity contribution >= 4 is 34.0 Å². The highest BCUT2D eigenvalue weighted by Gasteiger charge is 2.12. The number of halogens is 1. The standard InChI is InChI=1S/C10H11ClN4O3S/c1-2-5-12-9(16)13-10-14(6-3-4-11)7-8(19-10)15(17)18/h2-4,7H,1,5-6H2,(H,12,16). The van der Waals surface area contributed by atoms with E-state index in [4.69, 9.17) is 11.6 Å². The summed E-state index contributed by atoms with van der Waals surface area (Å²) in [6, 6.07) is -0.583. The molecular weight excluding hydrogens is 292 g/mol. The molecule has 1 rings (SSSR count). The molecule has 1 aromatic heterocycles. The predicted octanol–water partition coefficient (Wildman–Crippen LogP) is 2.01. The van der Waals surface area contributed by atoms with Crippen molar-refractivity contribution in [2.45, 2.75) is 6.54 Å². The van der Waals surface area contributed by atoms with Crippen molar-refractivity contribution in [1.29, 1.82) is 0 Å². The summed E-state index contributed by atoms with van der Waals surface area (Å²) in [5.41, 5.74) is 1.29. The van der Waals surface area contributed by atoms with Gasteiger partial charge in [-0.3, -0.25) is 10.1 Å². The van der Waals surface area contributed by atoms with Gasteiger partial charge in [0.25, 0.3) is 0 Å². The highest BCUT2D eigenvalue weighted by atomic mass is 35.5. The highest BCUT2D eigenvalue weighted by Crippen LogP contribution is 2.14. The number of urea groups is 1. The number of nitro groups is 1. The lowest BCUT2D eigenvalue weighted by Gasteiger charge is -1.96. The zero-order valence-corrected chi connectivity index (χ0v) is 11.4. The van der Waals surface area contributed by atoms with Crippen LogP contribution in [0.2, 0.25) is 0 Å². The summed E-state index contributed by atoms with van der Waals surface area (Å²) in [5, 5.41) is 13.1.